The maximum atomic E-state index is 14.7. The van der Waals surface area contributed by atoms with E-state index < -0.39 is 33.9 Å². The highest BCUT2D eigenvalue weighted by Gasteiger charge is 2.38. The van der Waals surface area contributed by atoms with E-state index in [9.17, 15) is 8.78 Å². The van der Waals surface area contributed by atoms with Crippen molar-refractivity contribution in [3.8, 4) is 5.75 Å². The Morgan fingerprint density at radius 1 is 0.958 bits per heavy atom. The van der Waals surface area contributed by atoms with E-state index in [-0.39, 0.29) is 24.5 Å². The Labute approximate surface area is 146 Å². The van der Waals surface area contributed by atoms with Crippen molar-refractivity contribution in [2.45, 2.75) is 58.7 Å². The summed E-state index contributed by atoms with van der Waals surface area (Å²) in [5, 5.41) is 0. The van der Waals surface area contributed by atoms with Crippen LogP contribution in [0, 0.1) is 11.6 Å². The highest BCUT2D eigenvalue weighted by atomic mass is 28.4. The zero-order chi connectivity index (χ0) is 18.8. The van der Waals surface area contributed by atoms with Crippen molar-refractivity contribution in [2.75, 3.05) is 13.2 Å². The van der Waals surface area contributed by atoms with E-state index in [2.05, 4.69) is 19.6 Å². The Morgan fingerprint density at radius 3 is 2.00 bits per heavy atom. The smallest absolute Gasteiger partial charge is 0.200 e. The molecule has 0 aliphatic carbocycles. The van der Waals surface area contributed by atoms with Crippen molar-refractivity contribution in [2.24, 2.45) is 0 Å². The summed E-state index contributed by atoms with van der Waals surface area (Å²) in [4.78, 5) is 0. The van der Waals surface area contributed by atoms with Gasteiger partial charge in [-0.1, -0.05) is 0 Å². The monoisotopic (exact) mass is 376 g/mol. The van der Waals surface area contributed by atoms with E-state index in [0.717, 1.165) is 0 Å². The average Bonchev–Trinajstić information content (AvgIpc) is 2.39. The third-order valence-corrected chi connectivity index (χ3v) is 5.30. The van der Waals surface area contributed by atoms with Crippen molar-refractivity contribution in [3.63, 3.8) is 0 Å². The summed E-state index contributed by atoms with van der Waals surface area (Å²) in [6.45, 7) is 16.2. The predicted octanol–water partition coefficient (Wildman–Crippen LogP) is 5.28. The molecule has 1 aromatic carbocycles. The molecule has 1 aromatic rings. The van der Waals surface area contributed by atoms with E-state index in [4.69, 9.17) is 13.6 Å². The van der Waals surface area contributed by atoms with E-state index in [0.29, 0.717) is 0 Å². The zero-order valence-electron chi connectivity index (χ0n) is 16.0. The normalized spacial score (nSPS) is 15.2. The third-order valence-electron chi connectivity index (χ3n) is 3.23. The van der Waals surface area contributed by atoms with E-state index in [1.54, 1.807) is 13.8 Å². The summed E-state index contributed by atoms with van der Waals surface area (Å²) in [5.41, 5.74) is -0.871. The largest absolute Gasteiger partial charge is 0.491 e. The molecule has 0 saturated heterocycles. The quantitative estimate of drug-likeness (QED) is 0.578. The second-order valence-electron chi connectivity index (χ2n) is 8.02. The summed E-state index contributed by atoms with van der Waals surface area (Å²) in [6, 6.07) is 2.99. The Hall–Kier alpha value is -0.766. The molecule has 1 rings (SSSR count). The lowest BCUT2D eigenvalue weighted by molar-refractivity contribution is 0.0184. The van der Waals surface area contributed by atoms with Crippen LogP contribution in [-0.2, 0) is 14.5 Å². The number of rotatable bonds is 8. The highest BCUT2D eigenvalue weighted by Crippen LogP contribution is 2.35. The minimum atomic E-state index is -2.03. The molecular weight excluding hydrogens is 346 g/mol. The molecule has 1 unspecified atom stereocenters. The van der Waals surface area contributed by atoms with Gasteiger partial charge in [-0.25, -0.2) is 4.39 Å². The molecular formula is C17H30F2O3Si2. The first-order chi connectivity index (χ1) is 10.8. The molecule has 0 fully saturated rings. The molecule has 0 N–H and O–H groups in total. The number of ether oxygens (including phenoxy) is 1. The van der Waals surface area contributed by atoms with Gasteiger partial charge in [-0.15, -0.1) is 0 Å². The van der Waals surface area contributed by atoms with Crippen molar-refractivity contribution in [1.82, 2.24) is 0 Å². The fourth-order valence-electron chi connectivity index (χ4n) is 2.40. The van der Waals surface area contributed by atoms with Gasteiger partial charge in [-0.2, -0.15) is 4.39 Å². The number of benzene rings is 1. The molecule has 0 aromatic heterocycles. The van der Waals surface area contributed by atoms with Gasteiger partial charge in [0.25, 0.3) is 0 Å². The summed E-state index contributed by atoms with van der Waals surface area (Å²) in [7, 11) is -3.86. The van der Waals surface area contributed by atoms with Crippen LogP contribution in [0.1, 0.15) is 19.4 Å². The molecule has 0 amide bonds. The second kappa shape index (κ2) is 7.64. The second-order valence-corrected chi connectivity index (χ2v) is 17.0. The van der Waals surface area contributed by atoms with Gasteiger partial charge in [0.1, 0.15) is 5.60 Å². The average molecular weight is 377 g/mol. The van der Waals surface area contributed by atoms with Gasteiger partial charge < -0.3 is 13.6 Å². The lowest BCUT2D eigenvalue weighted by atomic mass is 9.96. The van der Waals surface area contributed by atoms with Crippen LogP contribution in [0.4, 0.5) is 8.78 Å². The molecule has 0 spiro atoms. The van der Waals surface area contributed by atoms with Gasteiger partial charge in [0.15, 0.2) is 28.2 Å². The van der Waals surface area contributed by atoms with Crippen molar-refractivity contribution >= 4 is 16.6 Å². The van der Waals surface area contributed by atoms with E-state index >= 15 is 0 Å². The Kier molecular flexibility index (Phi) is 6.77. The molecule has 24 heavy (non-hydrogen) atoms. The lowest BCUT2D eigenvalue weighted by Gasteiger charge is -2.38. The van der Waals surface area contributed by atoms with Crippen molar-refractivity contribution < 1.29 is 22.4 Å². The van der Waals surface area contributed by atoms with Gasteiger partial charge in [0, 0.05) is 5.56 Å². The first-order valence-corrected chi connectivity index (χ1v) is 15.1. The SMILES string of the molecule is CCOc1ccc(C(C)(CO[Si](C)(C)C)O[Si](C)(C)C)c(F)c1F. The summed E-state index contributed by atoms with van der Waals surface area (Å²) < 4.78 is 46.4. The molecule has 7 heteroatoms. The van der Waals surface area contributed by atoms with Gasteiger partial charge in [-0.3, -0.25) is 0 Å². The fraction of sp³-hybridized carbons (Fsp3) is 0.647. The molecule has 0 aliphatic rings. The maximum absolute atomic E-state index is 14.7. The molecule has 1 atom stereocenters. The molecule has 138 valence electrons. The van der Waals surface area contributed by atoms with Gasteiger partial charge in [-0.05, 0) is 65.3 Å². The molecule has 0 saturated carbocycles. The lowest BCUT2D eigenvalue weighted by Crippen LogP contribution is -2.45. The first-order valence-electron chi connectivity index (χ1n) is 8.24. The summed E-state index contributed by atoms with van der Waals surface area (Å²) in [5.74, 6) is -1.99. The van der Waals surface area contributed by atoms with Crippen LogP contribution in [0.2, 0.25) is 39.3 Å². The van der Waals surface area contributed by atoms with Crippen LogP contribution < -0.4 is 4.74 Å². The first kappa shape index (κ1) is 21.3. The molecule has 0 aliphatic heterocycles. The minimum Gasteiger partial charge on any atom is -0.491 e. The molecule has 0 heterocycles. The van der Waals surface area contributed by atoms with Crippen LogP contribution >= 0.6 is 0 Å². The van der Waals surface area contributed by atoms with Crippen LogP contribution in [0.3, 0.4) is 0 Å². The number of halogens is 2. The highest BCUT2D eigenvalue weighted by molar-refractivity contribution is 6.70. The summed E-state index contributed by atoms with van der Waals surface area (Å²) >= 11 is 0. The Morgan fingerprint density at radius 2 is 1.54 bits per heavy atom. The number of hydrogen-bond acceptors (Lipinski definition) is 3. The zero-order valence-corrected chi connectivity index (χ0v) is 18.0. The number of hydrogen-bond donors (Lipinski definition) is 0. The molecule has 0 bridgehead atoms. The summed E-state index contributed by atoms with van der Waals surface area (Å²) in [6.07, 6.45) is 0. The van der Waals surface area contributed by atoms with E-state index in [1.807, 2.05) is 19.6 Å². The van der Waals surface area contributed by atoms with Gasteiger partial charge >= 0.3 is 0 Å². The third kappa shape index (κ3) is 5.95. The standard InChI is InChI=1S/C17H30F2O3Si2/c1-9-20-14-11-10-13(15(18)16(14)19)17(2,22-24(6,7)8)12-21-23(3,4)5/h10-11H,9,12H2,1-8H3. The topological polar surface area (TPSA) is 27.7 Å². The van der Waals surface area contributed by atoms with Gasteiger partial charge in [0.05, 0.1) is 13.2 Å². The Balaban J connectivity index is 3.31. The fourth-order valence-corrected chi connectivity index (χ4v) is 4.63. The van der Waals surface area contributed by atoms with Crippen LogP contribution in [-0.4, -0.2) is 29.8 Å². The van der Waals surface area contributed by atoms with Gasteiger partial charge in [0.2, 0.25) is 5.82 Å². The molecule has 3 nitrogen and oxygen atoms in total. The van der Waals surface area contributed by atoms with Crippen LogP contribution in [0.25, 0.3) is 0 Å². The van der Waals surface area contributed by atoms with Crippen LogP contribution in [0.15, 0.2) is 12.1 Å². The molecule has 0 radical (unpaired) electrons. The Bertz CT molecular complexity index is 568. The van der Waals surface area contributed by atoms with Crippen LogP contribution in [0.5, 0.6) is 5.75 Å². The minimum absolute atomic E-state index is 0.0831. The predicted molar refractivity (Wildman–Crippen MR) is 98.6 cm³/mol. The maximum Gasteiger partial charge on any atom is 0.200 e. The van der Waals surface area contributed by atoms with Crippen molar-refractivity contribution in [1.29, 1.82) is 0 Å². The van der Waals surface area contributed by atoms with Crippen molar-refractivity contribution in [3.05, 3.63) is 29.3 Å². The van der Waals surface area contributed by atoms with E-state index in [1.165, 1.54) is 12.1 Å².